The molecule has 0 aliphatic rings. The van der Waals surface area contributed by atoms with Crippen LogP contribution in [0.1, 0.15) is 28.9 Å². The minimum absolute atomic E-state index is 0.149. The maximum atomic E-state index is 11.8. The molecule has 5 nitrogen and oxygen atoms in total. The molecule has 5 heteroatoms. The van der Waals surface area contributed by atoms with Crippen LogP contribution in [0.15, 0.2) is 54.6 Å². The van der Waals surface area contributed by atoms with Crippen LogP contribution in [-0.2, 0) is 9.53 Å². The van der Waals surface area contributed by atoms with E-state index in [0.717, 1.165) is 5.56 Å². The Hall–Kier alpha value is -2.82. The van der Waals surface area contributed by atoms with Crippen LogP contribution >= 0.6 is 0 Å². The molecule has 0 saturated carbocycles. The summed E-state index contributed by atoms with van der Waals surface area (Å²) in [6.07, 6.45) is 0. The third-order valence-electron chi connectivity index (χ3n) is 3.16. The van der Waals surface area contributed by atoms with E-state index in [1.807, 2.05) is 37.3 Å². The van der Waals surface area contributed by atoms with Gasteiger partial charge in [0.2, 0.25) is 0 Å². The van der Waals surface area contributed by atoms with Crippen molar-refractivity contribution < 1.29 is 14.3 Å². The number of amides is 1. The molecule has 22 heavy (non-hydrogen) atoms. The van der Waals surface area contributed by atoms with Gasteiger partial charge in [0.25, 0.3) is 5.91 Å². The Bertz CT molecular complexity index is 639. The first-order chi connectivity index (χ1) is 10.6. The van der Waals surface area contributed by atoms with E-state index in [-0.39, 0.29) is 18.6 Å². The largest absolute Gasteiger partial charge is 0.452 e. The number of benzene rings is 2. The van der Waals surface area contributed by atoms with Crippen LogP contribution in [0.2, 0.25) is 0 Å². The van der Waals surface area contributed by atoms with Crippen LogP contribution in [0, 0.1) is 0 Å². The number of nitrogens with one attached hydrogen (secondary N) is 1. The fourth-order valence-electron chi connectivity index (χ4n) is 1.94. The lowest BCUT2D eigenvalue weighted by atomic mass is 10.1. The molecule has 1 amide bonds. The molecule has 2 aromatic rings. The summed E-state index contributed by atoms with van der Waals surface area (Å²) >= 11 is 0. The van der Waals surface area contributed by atoms with Gasteiger partial charge in [0.1, 0.15) is 0 Å². The molecule has 1 atom stereocenters. The van der Waals surface area contributed by atoms with E-state index >= 15 is 0 Å². The van der Waals surface area contributed by atoms with Crippen LogP contribution in [0.3, 0.4) is 0 Å². The Morgan fingerprint density at radius 3 is 2.36 bits per heavy atom. The average molecular weight is 298 g/mol. The molecule has 1 unspecified atom stereocenters. The van der Waals surface area contributed by atoms with E-state index in [1.54, 1.807) is 24.3 Å². The second-order valence-electron chi connectivity index (χ2n) is 4.90. The van der Waals surface area contributed by atoms with Crippen LogP contribution in [0.25, 0.3) is 0 Å². The molecule has 0 radical (unpaired) electrons. The minimum atomic E-state index is -0.553. The molecule has 0 aromatic heterocycles. The average Bonchev–Trinajstić information content (AvgIpc) is 2.54. The number of hydrogen-bond donors (Lipinski definition) is 2. The van der Waals surface area contributed by atoms with Gasteiger partial charge in [-0.15, -0.1) is 0 Å². The highest BCUT2D eigenvalue weighted by Crippen LogP contribution is 2.11. The Kier molecular flexibility index (Phi) is 5.14. The third-order valence-corrected chi connectivity index (χ3v) is 3.16. The molecular formula is C17H18N2O3. The van der Waals surface area contributed by atoms with Crippen LogP contribution in [-0.4, -0.2) is 18.5 Å². The number of ether oxygens (including phenoxy) is 1. The molecule has 0 aliphatic heterocycles. The Labute approximate surface area is 129 Å². The lowest BCUT2D eigenvalue weighted by molar-refractivity contribution is -0.124. The van der Waals surface area contributed by atoms with E-state index in [9.17, 15) is 9.59 Å². The van der Waals surface area contributed by atoms with E-state index in [2.05, 4.69) is 5.32 Å². The summed E-state index contributed by atoms with van der Waals surface area (Å²) in [6.45, 7) is 1.55. The molecule has 2 rings (SSSR count). The van der Waals surface area contributed by atoms with Crippen molar-refractivity contribution in [1.29, 1.82) is 0 Å². The number of anilines is 1. The van der Waals surface area contributed by atoms with Crippen molar-refractivity contribution in [2.75, 3.05) is 12.3 Å². The van der Waals surface area contributed by atoms with E-state index in [1.165, 1.54) is 0 Å². The summed E-state index contributed by atoms with van der Waals surface area (Å²) in [5, 5.41) is 2.78. The highest BCUT2D eigenvalue weighted by atomic mass is 16.5. The summed E-state index contributed by atoms with van der Waals surface area (Å²) in [6, 6.07) is 15.7. The topological polar surface area (TPSA) is 81.4 Å². The SMILES string of the molecule is CC(NC(=O)COC(=O)c1ccc(N)cc1)c1ccccc1. The van der Waals surface area contributed by atoms with Gasteiger partial charge in [0.05, 0.1) is 11.6 Å². The smallest absolute Gasteiger partial charge is 0.338 e. The van der Waals surface area contributed by atoms with Crippen molar-refractivity contribution in [2.45, 2.75) is 13.0 Å². The second-order valence-corrected chi connectivity index (χ2v) is 4.90. The predicted octanol–water partition coefficient (Wildman–Crippen LogP) is 2.30. The van der Waals surface area contributed by atoms with E-state index in [4.69, 9.17) is 10.5 Å². The summed E-state index contributed by atoms with van der Waals surface area (Å²) in [4.78, 5) is 23.6. The first-order valence-electron chi connectivity index (χ1n) is 6.93. The Morgan fingerprint density at radius 1 is 1.09 bits per heavy atom. The fourth-order valence-corrected chi connectivity index (χ4v) is 1.94. The quantitative estimate of drug-likeness (QED) is 0.655. The van der Waals surface area contributed by atoms with Crippen molar-refractivity contribution in [3.63, 3.8) is 0 Å². The monoisotopic (exact) mass is 298 g/mol. The summed E-state index contributed by atoms with van der Waals surface area (Å²) < 4.78 is 4.97. The number of rotatable bonds is 5. The molecule has 0 aliphatic carbocycles. The van der Waals surface area contributed by atoms with Crippen LogP contribution in [0.4, 0.5) is 5.69 Å². The molecular weight excluding hydrogens is 280 g/mol. The van der Waals surface area contributed by atoms with E-state index < -0.39 is 5.97 Å². The number of nitrogen functional groups attached to an aromatic ring is 1. The lowest BCUT2D eigenvalue weighted by Crippen LogP contribution is -2.31. The normalized spacial score (nSPS) is 11.5. The number of carbonyl (C=O) groups is 2. The maximum Gasteiger partial charge on any atom is 0.338 e. The third kappa shape index (κ3) is 4.34. The second kappa shape index (κ2) is 7.26. The molecule has 2 aromatic carbocycles. The van der Waals surface area contributed by atoms with Crippen molar-refractivity contribution >= 4 is 17.6 Å². The molecule has 0 saturated heterocycles. The van der Waals surface area contributed by atoms with Crippen molar-refractivity contribution in [3.8, 4) is 0 Å². The van der Waals surface area contributed by atoms with Gasteiger partial charge in [0, 0.05) is 5.69 Å². The van der Waals surface area contributed by atoms with Crippen molar-refractivity contribution in [3.05, 3.63) is 65.7 Å². The number of carbonyl (C=O) groups excluding carboxylic acids is 2. The first kappa shape index (κ1) is 15.6. The zero-order valence-corrected chi connectivity index (χ0v) is 12.3. The predicted molar refractivity (Wildman–Crippen MR) is 84.1 cm³/mol. The summed E-state index contributed by atoms with van der Waals surface area (Å²) in [5.41, 5.74) is 7.45. The first-order valence-corrected chi connectivity index (χ1v) is 6.93. The zero-order valence-electron chi connectivity index (χ0n) is 12.3. The molecule has 114 valence electrons. The summed E-state index contributed by atoms with van der Waals surface area (Å²) in [7, 11) is 0. The number of esters is 1. The maximum absolute atomic E-state index is 11.8. The van der Waals surface area contributed by atoms with Gasteiger partial charge >= 0.3 is 5.97 Å². The molecule has 0 spiro atoms. The highest BCUT2D eigenvalue weighted by Gasteiger charge is 2.12. The van der Waals surface area contributed by atoms with Crippen molar-refractivity contribution in [2.24, 2.45) is 0 Å². The van der Waals surface area contributed by atoms with Gasteiger partial charge in [-0.05, 0) is 36.8 Å². The van der Waals surface area contributed by atoms with Gasteiger partial charge in [-0.1, -0.05) is 30.3 Å². The fraction of sp³-hybridized carbons (Fsp3) is 0.176. The lowest BCUT2D eigenvalue weighted by Gasteiger charge is -2.14. The zero-order chi connectivity index (χ0) is 15.9. The van der Waals surface area contributed by atoms with Crippen molar-refractivity contribution in [1.82, 2.24) is 5.32 Å². The summed E-state index contributed by atoms with van der Waals surface area (Å²) in [5.74, 6) is -0.900. The molecule has 0 bridgehead atoms. The Balaban J connectivity index is 1.82. The van der Waals surface area contributed by atoms with Gasteiger partial charge < -0.3 is 15.8 Å². The number of hydrogen-bond acceptors (Lipinski definition) is 4. The highest BCUT2D eigenvalue weighted by molar-refractivity contribution is 5.91. The Morgan fingerprint density at radius 2 is 1.73 bits per heavy atom. The van der Waals surface area contributed by atoms with Gasteiger partial charge in [-0.2, -0.15) is 0 Å². The van der Waals surface area contributed by atoms with E-state index in [0.29, 0.717) is 11.3 Å². The minimum Gasteiger partial charge on any atom is -0.452 e. The molecule has 0 fully saturated rings. The number of nitrogens with two attached hydrogens (primary N) is 1. The van der Waals surface area contributed by atoms with Gasteiger partial charge in [-0.3, -0.25) is 4.79 Å². The van der Waals surface area contributed by atoms with Gasteiger partial charge in [-0.25, -0.2) is 4.79 Å². The van der Waals surface area contributed by atoms with Gasteiger partial charge in [0.15, 0.2) is 6.61 Å². The van der Waals surface area contributed by atoms with Crippen LogP contribution < -0.4 is 11.1 Å². The molecule has 3 N–H and O–H groups in total. The standard InChI is InChI=1S/C17H18N2O3/c1-12(13-5-3-2-4-6-13)19-16(20)11-22-17(21)14-7-9-15(18)10-8-14/h2-10,12H,11,18H2,1H3,(H,19,20). The molecule has 0 heterocycles. The van der Waals surface area contributed by atoms with Crippen LogP contribution in [0.5, 0.6) is 0 Å².